The zero-order chi connectivity index (χ0) is 16.8. The highest BCUT2D eigenvalue weighted by Gasteiger charge is 2.34. The Balaban J connectivity index is 3.12. The van der Waals surface area contributed by atoms with Gasteiger partial charge in [0.15, 0.2) is 0 Å². The van der Waals surface area contributed by atoms with Crippen LogP contribution < -0.4 is 11.5 Å². The van der Waals surface area contributed by atoms with Crippen LogP contribution in [0, 0.1) is 10.1 Å². The van der Waals surface area contributed by atoms with Gasteiger partial charge in [0.2, 0.25) is 0 Å². The molecule has 0 saturated carbocycles. The molecule has 22 heavy (non-hydrogen) atoms. The van der Waals surface area contributed by atoms with Gasteiger partial charge in [0, 0.05) is 12.1 Å². The molecule has 0 fully saturated rings. The molecule has 0 aliphatic heterocycles. The molecule has 2 amide bonds. The number of amides is 2. The van der Waals surface area contributed by atoms with Gasteiger partial charge in [-0.3, -0.25) is 10.1 Å². The van der Waals surface area contributed by atoms with Gasteiger partial charge in [0.1, 0.15) is 13.2 Å². The fourth-order valence-corrected chi connectivity index (χ4v) is 1.97. The van der Waals surface area contributed by atoms with Crippen LogP contribution in [0.4, 0.5) is 15.3 Å². The number of nitrogens with zero attached hydrogens (tertiary/aromatic N) is 1. The molecule has 0 heterocycles. The number of hydrogen-bond donors (Lipinski definition) is 2. The summed E-state index contributed by atoms with van der Waals surface area (Å²) in [6, 6.07) is 5.65. The number of non-ortho nitro benzene ring substituents is 1. The predicted molar refractivity (Wildman–Crippen MR) is 76.1 cm³/mol. The molecule has 9 heteroatoms. The molecule has 1 rings (SSSR count). The standard InChI is InChI=1S/C13H17N3O6/c1-2-13(7-21-11(14)17,8-22-12(15)18)9-3-5-10(6-4-9)16(19)20/h3-6H,2,7-8H2,1H3,(H2,14,17)(H2,15,18). The summed E-state index contributed by atoms with van der Waals surface area (Å²) in [5.74, 6) is 0. The Bertz CT molecular complexity index is 539. The SMILES string of the molecule is CCC(COC(N)=O)(COC(N)=O)c1ccc([N+](=O)[O-])cc1. The molecular weight excluding hydrogens is 294 g/mol. The van der Waals surface area contributed by atoms with Crippen LogP contribution in [-0.2, 0) is 14.9 Å². The second-order valence-corrected chi connectivity index (χ2v) is 4.65. The number of carbonyl (C=O) groups is 2. The minimum Gasteiger partial charge on any atom is -0.449 e. The summed E-state index contributed by atoms with van der Waals surface area (Å²) < 4.78 is 9.67. The molecular formula is C13H17N3O6. The zero-order valence-electron chi connectivity index (χ0n) is 12.0. The molecule has 120 valence electrons. The second-order valence-electron chi connectivity index (χ2n) is 4.65. The van der Waals surface area contributed by atoms with Gasteiger partial charge in [-0.25, -0.2) is 9.59 Å². The summed E-state index contributed by atoms with van der Waals surface area (Å²) in [4.78, 5) is 31.9. The normalized spacial score (nSPS) is 10.8. The predicted octanol–water partition coefficient (Wildman–Crippen LogP) is 1.43. The van der Waals surface area contributed by atoms with Crippen molar-refractivity contribution in [3.8, 4) is 0 Å². The lowest BCUT2D eigenvalue weighted by molar-refractivity contribution is -0.384. The lowest BCUT2D eigenvalue weighted by Gasteiger charge is -2.31. The fraction of sp³-hybridized carbons (Fsp3) is 0.385. The van der Waals surface area contributed by atoms with Crippen molar-refractivity contribution >= 4 is 17.9 Å². The molecule has 1 aromatic rings. The van der Waals surface area contributed by atoms with Crippen LogP contribution in [0.2, 0.25) is 0 Å². The minimum absolute atomic E-state index is 0.0830. The Labute approximate surface area is 126 Å². The molecule has 9 nitrogen and oxygen atoms in total. The van der Waals surface area contributed by atoms with Gasteiger partial charge in [-0.2, -0.15) is 0 Å². The first kappa shape index (κ1) is 17.2. The van der Waals surface area contributed by atoms with E-state index in [0.717, 1.165) is 0 Å². The number of nitrogens with two attached hydrogens (primary N) is 2. The summed E-state index contributed by atoms with van der Waals surface area (Å²) in [6.45, 7) is 1.49. The van der Waals surface area contributed by atoms with Crippen LogP contribution in [0.5, 0.6) is 0 Å². The summed E-state index contributed by atoms with van der Waals surface area (Å²) in [6.07, 6.45) is -1.52. The first-order valence-corrected chi connectivity index (χ1v) is 6.40. The number of ether oxygens (including phenoxy) is 2. The molecule has 0 aromatic heterocycles. The number of benzene rings is 1. The van der Waals surface area contributed by atoms with Crippen LogP contribution in [0.3, 0.4) is 0 Å². The van der Waals surface area contributed by atoms with Crippen molar-refractivity contribution in [2.24, 2.45) is 11.5 Å². The summed E-state index contributed by atoms with van der Waals surface area (Å²) >= 11 is 0. The first-order valence-electron chi connectivity index (χ1n) is 6.40. The number of nitro benzene ring substituents is 1. The molecule has 0 bridgehead atoms. The Hall–Kier alpha value is -2.84. The van der Waals surface area contributed by atoms with Crippen molar-refractivity contribution in [2.45, 2.75) is 18.8 Å². The van der Waals surface area contributed by atoms with Crippen LogP contribution in [0.25, 0.3) is 0 Å². The van der Waals surface area contributed by atoms with Gasteiger partial charge in [-0.15, -0.1) is 0 Å². The Morgan fingerprint density at radius 3 is 1.91 bits per heavy atom. The number of nitro groups is 1. The third kappa shape index (κ3) is 4.33. The average molecular weight is 311 g/mol. The third-order valence-electron chi connectivity index (χ3n) is 3.35. The van der Waals surface area contributed by atoms with Crippen LogP contribution in [-0.4, -0.2) is 30.3 Å². The largest absolute Gasteiger partial charge is 0.449 e. The smallest absolute Gasteiger partial charge is 0.404 e. The summed E-state index contributed by atoms with van der Waals surface area (Å²) in [5.41, 5.74) is 9.57. The van der Waals surface area contributed by atoms with E-state index in [1.807, 2.05) is 0 Å². The van der Waals surface area contributed by atoms with Crippen LogP contribution in [0.15, 0.2) is 24.3 Å². The van der Waals surface area contributed by atoms with Crippen molar-refractivity contribution in [3.05, 3.63) is 39.9 Å². The topological polar surface area (TPSA) is 148 Å². The van der Waals surface area contributed by atoms with Gasteiger partial charge < -0.3 is 20.9 Å². The maximum absolute atomic E-state index is 10.9. The molecule has 0 spiro atoms. The van der Waals surface area contributed by atoms with Crippen molar-refractivity contribution in [3.63, 3.8) is 0 Å². The van der Waals surface area contributed by atoms with E-state index < -0.39 is 22.5 Å². The number of hydrogen-bond acceptors (Lipinski definition) is 6. The van der Waals surface area contributed by atoms with E-state index in [2.05, 4.69) is 0 Å². The Morgan fingerprint density at radius 2 is 1.59 bits per heavy atom. The molecule has 0 atom stereocenters. The number of carbonyl (C=O) groups excluding carboxylic acids is 2. The Kier molecular flexibility index (Phi) is 5.67. The highest BCUT2D eigenvalue weighted by atomic mass is 16.6. The maximum atomic E-state index is 10.9. The van der Waals surface area contributed by atoms with Crippen molar-refractivity contribution in [1.82, 2.24) is 0 Å². The average Bonchev–Trinajstić information content (AvgIpc) is 2.48. The molecule has 1 aromatic carbocycles. The van der Waals surface area contributed by atoms with E-state index in [1.54, 1.807) is 6.92 Å². The molecule has 4 N–H and O–H groups in total. The van der Waals surface area contributed by atoms with Gasteiger partial charge in [0.05, 0.1) is 10.3 Å². The number of rotatable bonds is 7. The van der Waals surface area contributed by atoms with E-state index in [9.17, 15) is 19.7 Å². The fourth-order valence-electron chi connectivity index (χ4n) is 1.97. The minimum atomic E-state index is -0.973. The molecule has 0 saturated heterocycles. The van der Waals surface area contributed by atoms with E-state index in [0.29, 0.717) is 12.0 Å². The van der Waals surface area contributed by atoms with Gasteiger partial charge >= 0.3 is 12.2 Å². The quantitative estimate of drug-likeness (QED) is 0.574. The van der Waals surface area contributed by atoms with Crippen LogP contribution >= 0.6 is 0 Å². The monoisotopic (exact) mass is 311 g/mol. The highest BCUT2D eigenvalue weighted by Crippen LogP contribution is 2.30. The zero-order valence-corrected chi connectivity index (χ0v) is 12.0. The van der Waals surface area contributed by atoms with Crippen LogP contribution in [0.1, 0.15) is 18.9 Å². The summed E-state index contributed by atoms with van der Waals surface area (Å²) in [7, 11) is 0. The van der Waals surface area contributed by atoms with Gasteiger partial charge in [0.25, 0.3) is 5.69 Å². The number of primary amides is 2. The lowest BCUT2D eigenvalue weighted by Crippen LogP contribution is -2.39. The molecule has 0 aliphatic rings. The maximum Gasteiger partial charge on any atom is 0.404 e. The van der Waals surface area contributed by atoms with E-state index in [1.165, 1.54) is 24.3 Å². The lowest BCUT2D eigenvalue weighted by atomic mass is 9.79. The van der Waals surface area contributed by atoms with E-state index >= 15 is 0 Å². The van der Waals surface area contributed by atoms with Crippen molar-refractivity contribution in [2.75, 3.05) is 13.2 Å². The summed E-state index contributed by atoms with van der Waals surface area (Å²) in [5, 5.41) is 10.7. The molecule has 0 aliphatic carbocycles. The second kappa shape index (κ2) is 7.25. The Morgan fingerprint density at radius 1 is 1.14 bits per heavy atom. The first-order chi connectivity index (χ1) is 10.3. The van der Waals surface area contributed by atoms with E-state index in [4.69, 9.17) is 20.9 Å². The third-order valence-corrected chi connectivity index (χ3v) is 3.35. The van der Waals surface area contributed by atoms with Gasteiger partial charge in [-0.1, -0.05) is 19.1 Å². The van der Waals surface area contributed by atoms with Crippen molar-refractivity contribution in [1.29, 1.82) is 0 Å². The van der Waals surface area contributed by atoms with E-state index in [-0.39, 0.29) is 18.9 Å². The highest BCUT2D eigenvalue weighted by molar-refractivity contribution is 5.65. The van der Waals surface area contributed by atoms with Crippen molar-refractivity contribution < 1.29 is 24.0 Å². The molecule has 0 unspecified atom stereocenters. The van der Waals surface area contributed by atoms with Gasteiger partial charge in [-0.05, 0) is 12.0 Å². The molecule has 0 radical (unpaired) electrons.